The van der Waals surface area contributed by atoms with Crippen molar-refractivity contribution in [3.63, 3.8) is 0 Å². The van der Waals surface area contributed by atoms with Gasteiger partial charge in [-0.15, -0.1) is 5.10 Å². The Kier molecular flexibility index (Phi) is 4.54. The molecule has 2 aromatic rings. The van der Waals surface area contributed by atoms with E-state index in [1.807, 2.05) is 24.3 Å². The van der Waals surface area contributed by atoms with Crippen LogP contribution in [0.3, 0.4) is 0 Å². The number of rotatable bonds is 3. The first-order valence-corrected chi connectivity index (χ1v) is 8.06. The van der Waals surface area contributed by atoms with Crippen molar-refractivity contribution >= 4 is 28.1 Å². The van der Waals surface area contributed by atoms with E-state index in [2.05, 4.69) is 25.9 Å². The number of aromatic nitrogens is 2. The van der Waals surface area contributed by atoms with E-state index in [1.165, 1.54) is 0 Å². The summed E-state index contributed by atoms with van der Waals surface area (Å²) in [7, 11) is 0. The monoisotopic (exact) mass is 369 g/mol. The molecule has 1 aromatic carbocycles. The third-order valence-corrected chi connectivity index (χ3v) is 4.28. The maximum Gasteiger partial charge on any atom is 0.288 e. The van der Waals surface area contributed by atoms with E-state index < -0.39 is 0 Å². The third-order valence-electron chi connectivity index (χ3n) is 3.49. The van der Waals surface area contributed by atoms with Gasteiger partial charge in [-0.25, -0.2) is 4.68 Å². The Hall–Kier alpha value is -1.02. The molecule has 0 saturated carbocycles. The van der Waals surface area contributed by atoms with Crippen molar-refractivity contribution in [3.8, 4) is 11.5 Å². The van der Waals surface area contributed by atoms with Gasteiger partial charge in [0.15, 0.2) is 0 Å². The second kappa shape index (κ2) is 6.39. The van der Waals surface area contributed by atoms with Crippen LogP contribution in [-0.2, 0) is 6.67 Å². The quantitative estimate of drug-likeness (QED) is 0.842. The first-order chi connectivity index (χ1) is 10.1. The molecule has 0 unspecified atom stereocenters. The fraction of sp³-hybridized carbons (Fsp3) is 0.429. The lowest BCUT2D eigenvalue weighted by Gasteiger charge is -2.29. The Bertz CT molecular complexity index is 685. The van der Waals surface area contributed by atoms with Gasteiger partial charge in [0.05, 0.1) is 12.8 Å². The molecular formula is C14H16BrN3O2S. The molecule has 1 aliphatic heterocycles. The molecule has 1 fully saturated rings. The molecule has 7 heteroatoms. The Morgan fingerprint density at radius 2 is 2.33 bits per heavy atom. The van der Waals surface area contributed by atoms with Crippen molar-refractivity contribution in [1.82, 2.24) is 14.7 Å². The number of likely N-dealkylation sites (tertiary alicyclic amines) is 1. The molecule has 3 rings (SSSR count). The van der Waals surface area contributed by atoms with E-state index in [-0.39, 0.29) is 6.10 Å². The molecule has 5 nitrogen and oxygen atoms in total. The molecule has 112 valence electrons. The van der Waals surface area contributed by atoms with Gasteiger partial charge < -0.3 is 9.52 Å². The summed E-state index contributed by atoms with van der Waals surface area (Å²) in [4.78, 5) is 2.49. The number of hydrogen-bond acceptors (Lipinski definition) is 5. The minimum atomic E-state index is -0.260. The van der Waals surface area contributed by atoms with Gasteiger partial charge >= 0.3 is 0 Å². The average Bonchev–Trinajstić information content (AvgIpc) is 2.80. The minimum Gasteiger partial charge on any atom is -0.409 e. The van der Waals surface area contributed by atoms with Crippen LogP contribution in [-0.4, -0.2) is 39.0 Å². The number of benzene rings is 1. The van der Waals surface area contributed by atoms with Crippen molar-refractivity contribution in [2.24, 2.45) is 0 Å². The normalized spacial score (nSPS) is 19.8. The van der Waals surface area contributed by atoms with Crippen LogP contribution in [0.5, 0.6) is 0 Å². The summed E-state index contributed by atoms with van der Waals surface area (Å²) in [5.41, 5.74) is 0.882. The SMILES string of the molecule is O[C@@H]1CCCN(Cn2nc(-c3cccc(Br)c3)oc2=S)C1. The van der Waals surface area contributed by atoms with Gasteiger partial charge in [-0.3, -0.25) is 4.90 Å². The zero-order valence-corrected chi connectivity index (χ0v) is 13.8. The predicted molar refractivity (Wildman–Crippen MR) is 85.3 cm³/mol. The highest BCUT2D eigenvalue weighted by atomic mass is 79.9. The highest BCUT2D eigenvalue weighted by Gasteiger charge is 2.19. The van der Waals surface area contributed by atoms with E-state index in [1.54, 1.807) is 4.68 Å². The van der Waals surface area contributed by atoms with E-state index in [9.17, 15) is 5.11 Å². The summed E-state index contributed by atoms with van der Waals surface area (Å²) in [6, 6.07) is 7.75. The highest BCUT2D eigenvalue weighted by molar-refractivity contribution is 9.10. The summed E-state index contributed by atoms with van der Waals surface area (Å²) in [5, 5.41) is 14.2. The number of piperidine rings is 1. The van der Waals surface area contributed by atoms with Crippen molar-refractivity contribution in [2.45, 2.75) is 25.6 Å². The molecule has 21 heavy (non-hydrogen) atoms. The molecule has 0 radical (unpaired) electrons. The van der Waals surface area contributed by atoms with Crippen molar-refractivity contribution in [3.05, 3.63) is 33.6 Å². The summed E-state index contributed by atoms with van der Waals surface area (Å²) >= 11 is 8.67. The molecule has 1 N–H and O–H groups in total. The molecule has 0 aliphatic carbocycles. The highest BCUT2D eigenvalue weighted by Crippen LogP contribution is 2.22. The Balaban J connectivity index is 1.80. The van der Waals surface area contributed by atoms with E-state index >= 15 is 0 Å². The van der Waals surface area contributed by atoms with Crippen LogP contribution < -0.4 is 0 Å². The minimum absolute atomic E-state index is 0.260. The summed E-state index contributed by atoms with van der Waals surface area (Å²) in [5.74, 6) is 0.513. The fourth-order valence-corrected chi connectivity index (χ4v) is 3.06. The Morgan fingerprint density at radius 3 is 3.10 bits per heavy atom. The van der Waals surface area contributed by atoms with Crippen molar-refractivity contribution < 1.29 is 9.52 Å². The van der Waals surface area contributed by atoms with Gasteiger partial charge in [0.1, 0.15) is 0 Å². The second-order valence-corrected chi connectivity index (χ2v) is 6.46. The van der Waals surface area contributed by atoms with Crippen LogP contribution in [0.15, 0.2) is 33.2 Å². The van der Waals surface area contributed by atoms with Gasteiger partial charge in [-0.2, -0.15) is 0 Å². The number of halogens is 1. The van der Waals surface area contributed by atoms with Gasteiger partial charge in [-0.05, 0) is 43.3 Å². The summed E-state index contributed by atoms with van der Waals surface area (Å²) in [6.07, 6.45) is 1.60. The largest absolute Gasteiger partial charge is 0.409 e. The van der Waals surface area contributed by atoms with Gasteiger partial charge in [0.25, 0.3) is 4.84 Å². The van der Waals surface area contributed by atoms with Gasteiger partial charge in [0.2, 0.25) is 5.89 Å². The number of nitrogens with zero attached hydrogens (tertiary/aromatic N) is 3. The first-order valence-electron chi connectivity index (χ1n) is 6.86. The number of β-amino-alcohol motifs (C(OH)–C–C–N with tert-alkyl or cyclic N) is 1. The average molecular weight is 370 g/mol. The maximum atomic E-state index is 9.71. The molecule has 0 spiro atoms. The molecular weight excluding hydrogens is 354 g/mol. The zero-order valence-electron chi connectivity index (χ0n) is 11.4. The lowest BCUT2D eigenvalue weighted by atomic mass is 10.1. The molecule has 1 aromatic heterocycles. The van der Waals surface area contributed by atoms with Crippen LogP contribution in [0.25, 0.3) is 11.5 Å². The lowest BCUT2D eigenvalue weighted by Crippen LogP contribution is -2.39. The second-order valence-electron chi connectivity index (χ2n) is 5.20. The molecule has 2 heterocycles. The first kappa shape index (κ1) is 14.9. The smallest absolute Gasteiger partial charge is 0.288 e. The van der Waals surface area contributed by atoms with Crippen LogP contribution in [0.1, 0.15) is 12.8 Å². The Morgan fingerprint density at radius 1 is 1.48 bits per heavy atom. The molecule has 1 saturated heterocycles. The Labute approximate surface area is 136 Å². The molecule has 0 bridgehead atoms. The number of hydrogen-bond donors (Lipinski definition) is 1. The number of aliphatic hydroxyl groups excluding tert-OH is 1. The summed E-state index contributed by atoms with van der Waals surface area (Å²) in [6.45, 7) is 2.15. The van der Waals surface area contributed by atoms with Gasteiger partial charge in [0, 0.05) is 23.1 Å². The molecule has 1 atom stereocenters. The fourth-order valence-electron chi connectivity index (χ4n) is 2.48. The zero-order chi connectivity index (χ0) is 14.8. The van der Waals surface area contributed by atoms with E-state index in [0.717, 1.165) is 29.4 Å². The standard InChI is InChI=1S/C14H16BrN3O2S/c15-11-4-1-3-10(7-11)13-16-18(14(21)20-13)9-17-6-2-5-12(19)8-17/h1,3-4,7,12,19H,2,5-6,8-9H2/t12-/m1/s1. The topological polar surface area (TPSA) is 54.4 Å². The third kappa shape index (κ3) is 3.60. The van der Waals surface area contributed by atoms with Crippen LogP contribution in [0.4, 0.5) is 0 Å². The van der Waals surface area contributed by atoms with Crippen molar-refractivity contribution in [2.75, 3.05) is 13.1 Å². The summed E-state index contributed by atoms with van der Waals surface area (Å²) < 4.78 is 8.22. The van der Waals surface area contributed by atoms with Crippen LogP contribution >= 0.6 is 28.1 Å². The molecule has 0 amide bonds. The van der Waals surface area contributed by atoms with Crippen molar-refractivity contribution in [1.29, 1.82) is 0 Å². The maximum absolute atomic E-state index is 9.71. The molecule has 1 aliphatic rings. The number of aliphatic hydroxyl groups is 1. The van der Waals surface area contributed by atoms with E-state index in [4.69, 9.17) is 16.6 Å². The van der Waals surface area contributed by atoms with Crippen LogP contribution in [0.2, 0.25) is 0 Å². The predicted octanol–water partition coefficient (Wildman–Crippen LogP) is 3.05. The van der Waals surface area contributed by atoms with E-state index in [0.29, 0.717) is 23.9 Å². The lowest BCUT2D eigenvalue weighted by molar-refractivity contribution is 0.0509. The van der Waals surface area contributed by atoms with Gasteiger partial charge in [-0.1, -0.05) is 22.0 Å². The van der Waals surface area contributed by atoms with Crippen LogP contribution in [0, 0.1) is 4.84 Å².